The fourth-order valence-electron chi connectivity index (χ4n) is 2.21. The molecule has 96 valence electrons. The molecule has 1 aromatic rings. The average molecular weight is 249 g/mol. The monoisotopic (exact) mass is 249 g/mol. The van der Waals surface area contributed by atoms with Crippen LogP contribution in [0.2, 0.25) is 0 Å². The molecular formula is C12H15N3O3. The van der Waals surface area contributed by atoms with Crippen LogP contribution in [0.15, 0.2) is 18.2 Å². The van der Waals surface area contributed by atoms with E-state index in [0.29, 0.717) is 11.3 Å². The number of benzene rings is 1. The standard InChI is InChI=1S/C12H15N3O3/c1-3-6-12(2)13-10-5-4-8(15(17)18)7-9(10)11(16)14-12/h4-5,7,13H,3,6H2,1-2H3,(H,14,16). The predicted molar refractivity (Wildman–Crippen MR) is 67.5 cm³/mol. The van der Waals surface area contributed by atoms with Crippen LogP contribution in [0.25, 0.3) is 0 Å². The molecule has 0 saturated carbocycles. The van der Waals surface area contributed by atoms with Gasteiger partial charge in [-0.25, -0.2) is 0 Å². The van der Waals surface area contributed by atoms with Gasteiger partial charge in [-0.3, -0.25) is 14.9 Å². The zero-order valence-electron chi connectivity index (χ0n) is 10.3. The number of nitrogens with one attached hydrogen (secondary N) is 2. The number of carbonyl (C=O) groups excluding carboxylic acids is 1. The van der Waals surface area contributed by atoms with E-state index in [-0.39, 0.29) is 11.6 Å². The molecule has 0 aromatic heterocycles. The van der Waals surface area contributed by atoms with Gasteiger partial charge in [0.25, 0.3) is 11.6 Å². The quantitative estimate of drug-likeness (QED) is 0.635. The van der Waals surface area contributed by atoms with Gasteiger partial charge in [0, 0.05) is 17.8 Å². The number of anilines is 1. The van der Waals surface area contributed by atoms with Crippen LogP contribution in [-0.4, -0.2) is 16.5 Å². The molecule has 0 aliphatic carbocycles. The van der Waals surface area contributed by atoms with Gasteiger partial charge in [0.05, 0.1) is 10.5 Å². The number of nitro benzene ring substituents is 1. The molecular weight excluding hydrogens is 234 g/mol. The highest BCUT2D eigenvalue weighted by atomic mass is 16.6. The van der Waals surface area contributed by atoms with Crippen LogP contribution in [0.1, 0.15) is 37.0 Å². The largest absolute Gasteiger partial charge is 0.362 e. The Balaban J connectivity index is 2.39. The van der Waals surface area contributed by atoms with Crippen molar-refractivity contribution in [3.8, 4) is 0 Å². The van der Waals surface area contributed by atoms with Crippen LogP contribution in [0.5, 0.6) is 0 Å². The van der Waals surface area contributed by atoms with E-state index in [1.54, 1.807) is 6.07 Å². The van der Waals surface area contributed by atoms with E-state index in [9.17, 15) is 14.9 Å². The summed E-state index contributed by atoms with van der Waals surface area (Å²) < 4.78 is 0. The molecule has 6 nitrogen and oxygen atoms in total. The lowest BCUT2D eigenvalue weighted by Crippen LogP contribution is -2.55. The van der Waals surface area contributed by atoms with Crippen LogP contribution in [0, 0.1) is 10.1 Å². The van der Waals surface area contributed by atoms with Crippen molar-refractivity contribution in [2.24, 2.45) is 0 Å². The Morgan fingerprint density at radius 2 is 2.11 bits per heavy atom. The fraction of sp³-hybridized carbons (Fsp3) is 0.417. The summed E-state index contributed by atoms with van der Waals surface area (Å²) in [5, 5.41) is 16.7. The molecule has 0 radical (unpaired) electrons. The summed E-state index contributed by atoms with van der Waals surface area (Å²) in [5.41, 5.74) is 0.387. The van der Waals surface area contributed by atoms with E-state index in [1.165, 1.54) is 12.1 Å². The first kappa shape index (κ1) is 12.3. The average Bonchev–Trinajstić information content (AvgIpc) is 2.28. The highest BCUT2D eigenvalue weighted by molar-refractivity contribution is 6.02. The van der Waals surface area contributed by atoms with E-state index in [0.717, 1.165) is 12.8 Å². The lowest BCUT2D eigenvalue weighted by Gasteiger charge is -2.37. The van der Waals surface area contributed by atoms with Crippen molar-refractivity contribution in [3.63, 3.8) is 0 Å². The number of nitro groups is 1. The Morgan fingerprint density at radius 3 is 2.72 bits per heavy atom. The van der Waals surface area contributed by atoms with Crippen LogP contribution >= 0.6 is 0 Å². The number of amides is 1. The summed E-state index contributed by atoms with van der Waals surface area (Å²) in [6, 6.07) is 4.28. The Kier molecular flexibility index (Phi) is 2.94. The van der Waals surface area contributed by atoms with Crippen LogP contribution in [0.3, 0.4) is 0 Å². The maximum atomic E-state index is 12.0. The summed E-state index contributed by atoms with van der Waals surface area (Å²) in [7, 11) is 0. The first-order chi connectivity index (χ1) is 8.45. The summed E-state index contributed by atoms with van der Waals surface area (Å²) in [4.78, 5) is 22.1. The van der Waals surface area contributed by atoms with Crippen molar-refractivity contribution < 1.29 is 9.72 Å². The summed E-state index contributed by atoms with van der Waals surface area (Å²) in [6.45, 7) is 3.93. The van der Waals surface area contributed by atoms with Crippen molar-refractivity contribution >= 4 is 17.3 Å². The fourth-order valence-corrected chi connectivity index (χ4v) is 2.21. The Labute approximate surface area is 105 Å². The third-order valence-electron chi connectivity index (χ3n) is 3.01. The number of nitrogens with zero attached hydrogens (tertiary/aromatic N) is 1. The van der Waals surface area contributed by atoms with E-state index >= 15 is 0 Å². The molecule has 0 spiro atoms. The van der Waals surface area contributed by atoms with Gasteiger partial charge in [0.1, 0.15) is 5.66 Å². The number of non-ortho nitro benzene ring substituents is 1. The predicted octanol–water partition coefficient (Wildman–Crippen LogP) is 2.27. The second kappa shape index (κ2) is 4.29. The van der Waals surface area contributed by atoms with Crippen molar-refractivity contribution in [1.29, 1.82) is 0 Å². The topological polar surface area (TPSA) is 84.3 Å². The normalized spacial score (nSPS) is 21.8. The van der Waals surface area contributed by atoms with Crippen LogP contribution in [-0.2, 0) is 0 Å². The molecule has 1 heterocycles. The molecule has 0 saturated heterocycles. The first-order valence-electron chi connectivity index (χ1n) is 5.84. The van der Waals surface area contributed by atoms with E-state index in [2.05, 4.69) is 10.6 Å². The molecule has 0 fully saturated rings. The smallest absolute Gasteiger partial charge is 0.270 e. The third-order valence-corrected chi connectivity index (χ3v) is 3.01. The van der Waals surface area contributed by atoms with Gasteiger partial charge in [-0.1, -0.05) is 13.3 Å². The lowest BCUT2D eigenvalue weighted by atomic mass is 9.99. The molecule has 1 aromatic carbocycles. The third kappa shape index (κ3) is 2.13. The van der Waals surface area contributed by atoms with Crippen molar-refractivity contribution in [1.82, 2.24) is 5.32 Å². The van der Waals surface area contributed by atoms with Crippen molar-refractivity contribution in [3.05, 3.63) is 33.9 Å². The van der Waals surface area contributed by atoms with E-state index in [4.69, 9.17) is 0 Å². The molecule has 6 heteroatoms. The molecule has 1 amide bonds. The second-order valence-corrected chi connectivity index (χ2v) is 4.65. The Bertz CT molecular complexity index is 515. The minimum Gasteiger partial charge on any atom is -0.362 e. The van der Waals surface area contributed by atoms with Crippen LogP contribution < -0.4 is 10.6 Å². The maximum Gasteiger partial charge on any atom is 0.270 e. The van der Waals surface area contributed by atoms with E-state index < -0.39 is 10.6 Å². The molecule has 1 unspecified atom stereocenters. The number of hydrogen-bond acceptors (Lipinski definition) is 4. The van der Waals surface area contributed by atoms with Crippen molar-refractivity contribution in [2.75, 3.05) is 5.32 Å². The van der Waals surface area contributed by atoms with Gasteiger partial charge < -0.3 is 10.6 Å². The summed E-state index contributed by atoms with van der Waals surface area (Å²) in [5.74, 6) is -0.275. The SMILES string of the molecule is CCCC1(C)NC(=O)c2cc([N+](=O)[O-])ccc2N1. The number of fused-ring (bicyclic) bond motifs is 1. The Morgan fingerprint density at radius 1 is 1.39 bits per heavy atom. The molecule has 0 bridgehead atoms. The van der Waals surface area contributed by atoms with Gasteiger partial charge in [0.15, 0.2) is 0 Å². The van der Waals surface area contributed by atoms with Gasteiger partial charge in [-0.15, -0.1) is 0 Å². The highest BCUT2D eigenvalue weighted by Crippen LogP contribution is 2.29. The van der Waals surface area contributed by atoms with Crippen LogP contribution in [0.4, 0.5) is 11.4 Å². The molecule has 1 atom stereocenters. The first-order valence-corrected chi connectivity index (χ1v) is 5.84. The van der Waals surface area contributed by atoms with Gasteiger partial charge in [-0.05, 0) is 19.4 Å². The number of carbonyl (C=O) groups is 1. The molecule has 2 rings (SSSR count). The van der Waals surface area contributed by atoms with Gasteiger partial charge >= 0.3 is 0 Å². The molecule has 18 heavy (non-hydrogen) atoms. The highest BCUT2D eigenvalue weighted by Gasteiger charge is 2.33. The summed E-state index contributed by atoms with van der Waals surface area (Å²) in [6.07, 6.45) is 1.71. The minimum absolute atomic E-state index is 0.0789. The number of hydrogen-bond donors (Lipinski definition) is 2. The maximum absolute atomic E-state index is 12.0. The zero-order chi connectivity index (χ0) is 13.3. The van der Waals surface area contributed by atoms with E-state index in [1.807, 2.05) is 13.8 Å². The van der Waals surface area contributed by atoms with Crippen molar-refractivity contribution in [2.45, 2.75) is 32.4 Å². The van der Waals surface area contributed by atoms with Gasteiger partial charge in [0.2, 0.25) is 0 Å². The number of rotatable bonds is 3. The summed E-state index contributed by atoms with van der Waals surface area (Å²) >= 11 is 0. The lowest BCUT2D eigenvalue weighted by molar-refractivity contribution is -0.384. The second-order valence-electron chi connectivity index (χ2n) is 4.65. The molecule has 2 N–H and O–H groups in total. The van der Waals surface area contributed by atoms with Gasteiger partial charge in [-0.2, -0.15) is 0 Å². The minimum atomic E-state index is -0.507. The molecule has 1 aliphatic heterocycles. The zero-order valence-corrected chi connectivity index (χ0v) is 10.3. The molecule has 1 aliphatic rings. The Hall–Kier alpha value is -2.11.